The van der Waals surface area contributed by atoms with Gasteiger partial charge in [-0.2, -0.15) is 0 Å². The summed E-state index contributed by atoms with van der Waals surface area (Å²) in [6, 6.07) is -0.398. The summed E-state index contributed by atoms with van der Waals surface area (Å²) in [5.41, 5.74) is 6.35. The van der Waals surface area contributed by atoms with Gasteiger partial charge in [-0.15, -0.1) is 0 Å². The van der Waals surface area contributed by atoms with Crippen molar-refractivity contribution in [3.8, 4) is 0 Å². The summed E-state index contributed by atoms with van der Waals surface area (Å²) >= 11 is 0. The van der Waals surface area contributed by atoms with Crippen molar-refractivity contribution in [1.29, 1.82) is 0 Å². The largest absolute Gasteiger partial charge is 0.390 e. The SMILES string of the molecule is CCOP(C)(=O)C[C@@]12C[C@@H]1[C@@H](n1cnc3c(N)nc(C)nc31)[C@H](O)[C@@H]2O. The van der Waals surface area contributed by atoms with Crippen LogP contribution < -0.4 is 5.73 Å². The highest BCUT2D eigenvalue weighted by molar-refractivity contribution is 7.58. The number of imidazole rings is 1. The molecule has 4 rings (SSSR count). The topological polar surface area (TPSA) is 136 Å². The van der Waals surface area contributed by atoms with Crippen molar-refractivity contribution < 1.29 is 19.3 Å². The summed E-state index contributed by atoms with van der Waals surface area (Å²) in [7, 11) is -2.84. The number of aryl methyl sites for hydroxylation is 1. The third-order valence-electron chi connectivity index (χ3n) is 5.72. The number of hydrogen-bond acceptors (Lipinski definition) is 8. The summed E-state index contributed by atoms with van der Waals surface area (Å²) in [6.45, 7) is 5.49. The molecule has 26 heavy (non-hydrogen) atoms. The number of fused-ring (bicyclic) bond motifs is 2. The second-order valence-corrected chi connectivity index (χ2v) is 10.1. The second-order valence-electron chi connectivity index (χ2n) is 7.54. The minimum absolute atomic E-state index is 0.0184. The maximum absolute atomic E-state index is 12.7. The molecule has 10 heteroatoms. The third kappa shape index (κ3) is 2.49. The number of nitrogens with zero attached hydrogens (tertiary/aromatic N) is 4. The number of aliphatic hydroxyl groups is 2. The quantitative estimate of drug-likeness (QED) is 0.651. The van der Waals surface area contributed by atoms with Gasteiger partial charge < -0.3 is 25.0 Å². The molecular formula is C16H24N5O4P. The van der Waals surface area contributed by atoms with Crippen LogP contribution in [0.15, 0.2) is 6.33 Å². The fourth-order valence-electron chi connectivity index (χ4n) is 4.67. The minimum atomic E-state index is -2.84. The lowest BCUT2D eigenvalue weighted by Crippen LogP contribution is -2.35. The highest BCUT2D eigenvalue weighted by Crippen LogP contribution is 2.72. The maximum atomic E-state index is 12.7. The first-order valence-electron chi connectivity index (χ1n) is 8.74. The summed E-state index contributed by atoms with van der Waals surface area (Å²) < 4.78 is 19.9. The van der Waals surface area contributed by atoms with E-state index in [-0.39, 0.29) is 17.9 Å². The molecule has 6 atom stereocenters. The summed E-state index contributed by atoms with van der Waals surface area (Å²) in [5, 5.41) is 21.4. The zero-order valence-corrected chi connectivity index (χ0v) is 15.9. The Kier molecular flexibility index (Phi) is 3.93. The van der Waals surface area contributed by atoms with E-state index >= 15 is 0 Å². The Labute approximate surface area is 151 Å². The van der Waals surface area contributed by atoms with Crippen molar-refractivity contribution in [3.05, 3.63) is 12.2 Å². The fraction of sp³-hybridized carbons (Fsp3) is 0.688. The van der Waals surface area contributed by atoms with Crippen LogP contribution in [0, 0.1) is 18.3 Å². The van der Waals surface area contributed by atoms with Gasteiger partial charge in [0, 0.05) is 18.2 Å². The first-order valence-corrected chi connectivity index (χ1v) is 11.0. The molecule has 142 valence electrons. The van der Waals surface area contributed by atoms with Crippen LogP contribution in [-0.2, 0) is 9.09 Å². The van der Waals surface area contributed by atoms with E-state index in [0.29, 0.717) is 30.0 Å². The molecule has 2 aromatic heterocycles. The van der Waals surface area contributed by atoms with Gasteiger partial charge in [0.2, 0.25) is 7.37 Å². The molecule has 2 aromatic rings. The smallest absolute Gasteiger partial charge is 0.200 e. The molecule has 2 aliphatic carbocycles. The number of nitrogen functional groups attached to an aromatic ring is 1. The van der Waals surface area contributed by atoms with E-state index in [0.717, 1.165) is 0 Å². The van der Waals surface area contributed by atoms with E-state index < -0.39 is 31.0 Å². The normalized spacial score (nSPS) is 35.4. The van der Waals surface area contributed by atoms with Gasteiger partial charge in [0.1, 0.15) is 17.4 Å². The highest BCUT2D eigenvalue weighted by Gasteiger charge is 2.72. The highest BCUT2D eigenvalue weighted by atomic mass is 31.2. The third-order valence-corrected chi connectivity index (χ3v) is 7.69. The summed E-state index contributed by atoms with van der Waals surface area (Å²) in [6.07, 6.45) is 0.557. The molecule has 9 nitrogen and oxygen atoms in total. The predicted molar refractivity (Wildman–Crippen MR) is 96.1 cm³/mol. The van der Waals surface area contributed by atoms with E-state index in [2.05, 4.69) is 15.0 Å². The van der Waals surface area contributed by atoms with Gasteiger partial charge in [-0.3, -0.25) is 4.57 Å². The number of aliphatic hydroxyl groups excluding tert-OH is 2. The van der Waals surface area contributed by atoms with Crippen molar-refractivity contribution in [2.75, 3.05) is 25.2 Å². The summed E-state index contributed by atoms with van der Waals surface area (Å²) in [4.78, 5) is 12.8. The van der Waals surface area contributed by atoms with Crippen molar-refractivity contribution in [3.63, 3.8) is 0 Å². The molecule has 0 amide bonds. The number of aromatic nitrogens is 4. The van der Waals surface area contributed by atoms with Crippen molar-refractivity contribution >= 4 is 24.4 Å². The van der Waals surface area contributed by atoms with E-state index in [9.17, 15) is 14.8 Å². The fourth-order valence-corrected chi connectivity index (χ4v) is 6.93. The molecule has 0 spiro atoms. The lowest BCUT2D eigenvalue weighted by molar-refractivity contribution is -0.0134. The Morgan fingerprint density at radius 1 is 1.46 bits per heavy atom. The van der Waals surface area contributed by atoms with Gasteiger partial charge in [0.25, 0.3) is 0 Å². The summed E-state index contributed by atoms with van der Waals surface area (Å²) in [5.74, 6) is 0.784. The minimum Gasteiger partial charge on any atom is -0.390 e. The lowest BCUT2D eigenvalue weighted by Gasteiger charge is -2.25. The molecular weight excluding hydrogens is 357 g/mol. The Balaban J connectivity index is 1.71. The molecule has 2 saturated carbocycles. The predicted octanol–water partition coefficient (Wildman–Crippen LogP) is 0.944. The van der Waals surface area contributed by atoms with Crippen LogP contribution in [-0.4, -0.2) is 61.4 Å². The molecule has 0 aromatic carbocycles. The van der Waals surface area contributed by atoms with Crippen LogP contribution in [0.2, 0.25) is 0 Å². The zero-order valence-electron chi connectivity index (χ0n) is 15.0. The standard InChI is InChI=1S/C16H24N5O4P/c1-4-25-26(3,24)6-16-5-9(16)11(12(22)13(16)23)21-7-18-10-14(17)19-8(2)20-15(10)21/h7,9,11-13,22-23H,4-6H2,1-3H3,(H2,17,19,20)/t9-,11-,12+,13+,16+,26?/m1/s1. The van der Waals surface area contributed by atoms with E-state index in [1.165, 1.54) is 0 Å². The van der Waals surface area contributed by atoms with Gasteiger partial charge >= 0.3 is 0 Å². The molecule has 0 saturated heterocycles. The maximum Gasteiger partial charge on any atom is 0.200 e. The van der Waals surface area contributed by atoms with E-state index in [4.69, 9.17) is 10.3 Å². The average molecular weight is 381 g/mol. The average Bonchev–Trinajstić information content (AvgIpc) is 3.00. The molecule has 4 N–H and O–H groups in total. The molecule has 0 bridgehead atoms. The molecule has 2 heterocycles. The Bertz CT molecular complexity index is 917. The van der Waals surface area contributed by atoms with Gasteiger partial charge in [-0.1, -0.05) is 0 Å². The van der Waals surface area contributed by atoms with E-state index in [1.54, 1.807) is 31.4 Å². The molecule has 0 aliphatic heterocycles. The van der Waals surface area contributed by atoms with Gasteiger partial charge in [-0.25, -0.2) is 15.0 Å². The zero-order chi connectivity index (χ0) is 18.9. The Morgan fingerprint density at radius 2 is 2.19 bits per heavy atom. The van der Waals surface area contributed by atoms with Crippen molar-refractivity contribution in [2.45, 2.75) is 38.5 Å². The number of hydrogen-bond donors (Lipinski definition) is 3. The Morgan fingerprint density at radius 3 is 2.88 bits per heavy atom. The molecule has 0 radical (unpaired) electrons. The van der Waals surface area contributed by atoms with Crippen LogP contribution in [0.3, 0.4) is 0 Å². The van der Waals surface area contributed by atoms with Crippen LogP contribution in [0.25, 0.3) is 11.2 Å². The van der Waals surface area contributed by atoms with Gasteiger partial charge in [0.15, 0.2) is 11.5 Å². The first-order chi connectivity index (χ1) is 12.2. The molecule has 2 fully saturated rings. The van der Waals surface area contributed by atoms with Crippen LogP contribution in [0.4, 0.5) is 5.82 Å². The Hall–Kier alpha value is -1.54. The molecule has 2 aliphatic rings. The molecule has 1 unspecified atom stereocenters. The van der Waals surface area contributed by atoms with Crippen LogP contribution in [0.5, 0.6) is 0 Å². The number of nitrogens with two attached hydrogens (primary N) is 1. The van der Waals surface area contributed by atoms with Crippen LogP contribution in [0.1, 0.15) is 25.2 Å². The number of rotatable bonds is 5. The van der Waals surface area contributed by atoms with Gasteiger partial charge in [-0.05, 0) is 26.2 Å². The first kappa shape index (κ1) is 17.9. The van der Waals surface area contributed by atoms with Crippen LogP contribution >= 0.6 is 7.37 Å². The number of anilines is 1. The van der Waals surface area contributed by atoms with E-state index in [1.807, 2.05) is 0 Å². The van der Waals surface area contributed by atoms with Crippen molar-refractivity contribution in [1.82, 2.24) is 19.5 Å². The second kappa shape index (κ2) is 5.73. The monoisotopic (exact) mass is 381 g/mol. The van der Waals surface area contributed by atoms with Crippen molar-refractivity contribution in [2.24, 2.45) is 11.3 Å². The van der Waals surface area contributed by atoms with Gasteiger partial charge in [0.05, 0.1) is 25.1 Å². The lowest BCUT2D eigenvalue weighted by atomic mass is 10.0.